The topological polar surface area (TPSA) is 15.3 Å². The van der Waals surface area contributed by atoms with Crippen LogP contribution in [0.25, 0.3) is 0 Å². The van der Waals surface area contributed by atoms with Crippen LogP contribution in [0, 0.1) is 6.92 Å². The van der Waals surface area contributed by atoms with Gasteiger partial charge >= 0.3 is 0 Å². The Morgan fingerprint density at radius 3 is 2.52 bits per heavy atom. The van der Waals surface area contributed by atoms with Crippen molar-refractivity contribution in [1.29, 1.82) is 0 Å². The van der Waals surface area contributed by atoms with Crippen LogP contribution in [0.3, 0.4) is 0 Å². The van der Waals surface area contributed by atoms with Gasteiger partial charge in [0.25, 0.3) is 0 Å². The maximum atomic E-state index is 3.68. The van der Waals surface area contributed by atoms with Crippen LogP contribution in [0.15, 0.2) is 24.3 Å². The van der Waals surface area contributed by atoms with Crippen molar-refractivity contribution in [3.8, 4) is 0 Å². The van der Waals surface area contributed by atoms with Gasteiger partial charge in [-0.15, -0.1) is 0 Å². The molecule has 118 valence electrons. The van der Waals surface area contributed by atoms with E-state index in [4.69, 9.17) is 0 Å². The molecule has 0 heterocycles. The number of nitrogens with zero attached hydrogens (tertiary/aromatic N) is 1. The number of benzene rings is 1. The first-order valence-electron chi connectivity index (χ1n) is 8.79. The van der Waals surface area contributed by atoms with Crippen LogP contribution >= 0.6 is 0 Å². The fourth-order valence-electron chi connectivity index (χ4n) is 3.75. The second-order valence-corrected chi connectivity index (χ2v) is 6.32. The van der Waals surface area contributed by atoms with Gasteiger partial charge in [0.1, 0.15) is 0 Å². The normalized spacial score (nSPS) is 17.5. The fraction of sp³-hybridized carbons (Fsp3) is 0.684. The quantitative estimate of drug-likeness (QED) is 0.767. The lowest BCUT2D eigenvalue weighted by molar-refractivity contribution is 0.198. The van der Waals surface area contributed by atoms with E-state index in [1.807, 2.05) is 0 Å². The molecule has 1 aromatic rings. The molecular weight excluding hydrogens is 256 g/mol. The van der Waals surface area contributed by atoms with Crippen molar-refractivity contribution in [1.82, 2.24) is 10.2 Å². The highest BCUT2D eigenvalue weighted by Crippen LogP contribution is 2.26. The molecule has 2 heteroatoms. The summed E-state index contributed by atoms with van der Waals surface area (Å²) >= 11 is 0. The first kappa shape index (κ1) is 16.5. The van der Waals surface area contributed by atoms with E-state index < -0.39 is 0 Å². The Balaban J connectivity index is 1.97. The monoisotopic (exact) mass is 288 g/mol. The summed E-state index contributed by atoms with van der Waals surface area (Å²) in [5.74, 6) is 0. The van der Waals surface area contributed by atoms with Crippen LogP contribution in [0.5, 0.6) is 0 Å². The number of rotatable bonds is 8. The molecule has 1 aromatic carbocycles. The van der Waals surface area contributed by atoms with Crippen molar-refractivity contribution >= 4 is 0 Å². The van der Waals surface area contributed by atoms with Crippen LogP contribution in [-0.4, -0.2) is 30.6 Å². The van der Waals surface area contributed by atoms with Gasteiger partial charge < -0.3 is 10.2 Å². The van der Waals surface area contributed by atoms with Gasteiger partial charge in [-0.05, 0) is 50.4 Å². The third-order valence-corrected chi connectivity index (χ3v) is 4.97. The minimum Gasteiger partial charge on any atom is -0.310 e. The summed E-state index contributed by atoms with van der Waals surface area (Å²) in [5.41, 5.74) is 2.88. The molecule has 1 aliphatic rings. The molecule has 1 unspecified atom stereocenters. The molecule has 0 amide bonds. The Morgan fingerprint density at radius 1 is 1.19 bits per heavy atom. The van der Waals surface area contributed by atoms with E-state index in [0.29, 0.717) is 6.04 Å². The predicted octanol–water partition coefficient (Wildman–Crippen LogP) is 4.30. The molecule has 1 N–H and O–H groups in total. The standard InChI is InChI=1S/C19H32N2/c1-4-20-19(18-13-9-6-10-16(18)3)14-15-21(5-2)17-11-7-8-12-17/h6,9-10,13,17,19-20H,4-5,7-8,11-12,14-15H2,1-3H3. The van der Waals surface area contributed by atoms with E-state index in [0.717, 1.165) is 12.6 Å². The molecule has 2 nitrogen and oxygen atoms in total. The van der Waals surface area contributed by atoms with Crippen molar-refractivity contribution in [2.24, 2.45) is 0 Å². The van der Waals surface area contributed by atoms with Crippen molar-refractivity contribution in [3.05, 3.63) is 35.4 Å². The Kier molecular flexibility index (Phi) is 6.72. The van der Waals surface area contributed by atoms with Crippen LogP contribution in [-0.2, 0) is 0 Å². The highest BCUT2D eigenvalue weighted by atomic mass is 15.2. The van der Waals surface area contributed by atoms with Gasteiger partial charge in [-0.3, -0.25) is 0 Å². The summed E-state index contributed by atoms with van der Waals surface area (Å²) in [4.78, 5) is 2.70. The molecule has 0 radical (unpaired) electrons. The van der Waals surface area contributed by atoms with Gasteiger partial charge in [0, 0.05) is 18.6 Å². The molecule has 0 spiro atoms. The average molecular weight is 288 g/mol. The molecule has 0 aromatic heterocycles. The molecule has 1 aliphatic carbocycles. The Morgan fingerprint density at radius 2 is 1.90 bits per heavy atom. The molecule has 1 atom stereocenters. The van der Waals surface area contributed by atoms with Gasteiger partial charge in [-0.2, -0.15) is 0 Å². The first-order valence-corrected chi connectivity index (χ1v) is 8.79. The molecular formula is C19H32N2. The molecule has 2 rings (SSSR count). The molecule has 0 aliphatic heterocycles. The number of nitrogens with one attached hydrogen (secondary N) is 1. The zero-order chi connectivity index (χ0) is 15.1. The number of hydrogen-bond donors (Lipinski definition) is 1. The summed E-state index contributed by atoms with van der Waals surface area (Å²) < 4.78 is 0. The highest BCUT2D eigenvalue weighted by molar-refractivity contribution is 5.28. The first-order chi connectivity index (χ1) is 10.3. The molecule has 1 fully saturated rings. The lowest BCUT2D eigenvalue weighted by Crippen LogP contribution is -2.36. The van der Waals surface area contributed by atoms with Gasteiger partial charge in [-0.25, -0.2) is 0 Å². The van der Waals surface area contributed by atoms with Gasteiger partial charge in [0.15, 0.2) is 0 Å². The van der Waals surface area contributed by atoms with Crippen molar-refractivity contribution < 1.29 is 0 Å². The number of aryl methyl sites for hydroxylation is 1. The lowest BCUT2D eigenvalue weighted by Gasteiger charge is -2.30. The molecule has 21 heavy (non-hydrogen) atoms. The second-order valence-electron chi connectivity index (χ2n) is 6.32. The minimum atomic E-state index is 0.492. The van der Waals surface area contributed by atoms with E-state index in [-0.39, 0.29) is 0 Å². The fourth-order valence-corrected chi connectivity index (χ4v) is 3.75. The van der Waals surface area contributed by atoms with E-state index in [1.165, 1.54) is 56.3 Å². The summed E-state index contributed by atoms with van der Waals surface area (Å²) in [6.07, 6.45) is 6.88. The van der Waals surface area contributed by atoms with Gasteiger partial charge in [0.05, 0.1) is 0 Å². The lowest BCUT2D eigenvalue weighted by atomic mass is 9.98. The third-order valence-electron chi connectivity index (χ3n) is 4.97. The van der Waals surface area contributed by atoms with Crippen molar-refractivity contribution in [3.63, 3.8) is 0 Å². The van der Waals surface area contributed by atoms with Crippen LogP contribution in [0.2, 0.25) is 0 Å². The summed E-state index contributed by atoms with van der Waals surface area (Å²) in [6, 6.07) is 10.2. The second kappa shape index (κ2) is 8.55. The molecule has 0 bridgehead atoms. The SMILES string of the molecule is CCNC(CCN(CC)C1CCCC1)c1ccccc1C. The zero-order valence-corrected chi connectivity index (χ0v) is 14.1. The maximum absolute atomic E-state index is 3.68. The van der Waals surface area contributed by atoms with Crippen LogP contribution < -0.4 is 5.32 Å². The van der Waals surface area contributed by atoms with Crippen molar-refractivity contribution in [2.45, 2.75) is 65.0 Å². The summed E-state index contributed by atoms with van der Waals surface area (Å²) in [5, 5.41) is 3.68. The predicted molar refractivity (Wildman–Crippen MR) is 91.7 cm³/mol. The molecule has 0 saturated heterocycles. The third kappa shape index (κ3) is 4.55. The smallest absolute Gasteiger partial charge is 0.0334 e. The van der Waals surface area contributed by atoms with Gasteiger partial charge in [0.2, 0.25) is 0 Å². The van der Waals surface area contributed by atoms with Gasteiger partial charge in [-0.1, -0.05) is 51.0 Å². The van der Waals surface area contributed by atoms with E-state index in [9.17, 15) is 0 Å². The Bertz CT molecular complexity index is 410. The van der Waals surface area contributed by atoms with Crippen molar-refractivity contribution in [2.75, 3.05) is 19.6 Å². The largest absolute Gasteiger partial charge is 0.310 e. The summed E-state index contributed by atoms with van der Waals surface area (Å²) in [6.45, 7) is 10.2. The summed E-state index contributed by atoms with van der Waals surface area (Å²) in [7, 11) is 0. The zero-order valence-electron chi connectivity index (χ0n) is 14.1. The number of hydrogen-bond acceptors (Lipinski definition) is 2. The highest BCUT2D eigenvalue weighted by Gasteiger charge is 2.22. The Labute approximate surface area is 130 Å². The van der Waals surface area contributed by atoms with Crippen LogP contribution in [0.1, 0.15) is 63.1 Å². The average Bonchev–Trinajstić information content (AvgIpc) is 3.02. The van der Waals surface area contributed by atoms with Crippen LogP contribution in [0.4, 0.5) is 0 Å². The minimum absolute atomic E-state index is 0.492. The van der Waals surface area contributed by atoms with E-state index in [1.54, 1.807) is 0 Å². The molecule has 1 saturated carbocycles. The van der Waals surface area contributed by atoms with E-state index >= 15 is 0 Å². The maximum Gasteiger partial charge on any atom is 0.0334 e. The van der Waals surface area contributed by atoms with E-state index in [2.05, 4.69) is 55.3 Å². The Hall–Kier alpha value is -0.860.